The second kappa shape index (κ2) is 6.24. The van der Waals surface area contributed by atoms with Gasteiger partial charge in [-0.1, -0.05) is 17.8 Å². The van der Waals surface area contributed by atoms with Gasteiger partial charge in [-0.05, 0) is 36.7 Å². The molecule has 1 unspecified atom stereocenters. The Hall–Kier alpha value is -1.01. The van der Waals surface area contributed by atoms with Gasteiger partial charge in [-0.25, -0.2) is 0 Å². The zero-order chi connectivity index (χ0) is 13.0. The molecule has 1 aromatic rings. The lowest BCUT2D eigenvalue weighted by atomic mass is 10.1. The van der Waals surface area contributed by atoms with Gasteiger partial charge >= 0.3 is 0 Å². The van der Waals surface area contributed by atoms with Gasteiger partial charge in [-0.2, -0.15) is 0 Å². The van der Waals surface area contributed by atoms with Crippen LogP contribution < -0.4 is 0 Å². The number of aryl methyl sites for hydroxylation is 1. The highest BCUT2D eigenvalue weighted by Gasteiger charge is 2.29. The van der Waals surface area contributed by atoms with Gasteiger partial charge in [0.25, 0.3) is 5.91 Å². The van der Waals surface area contributed by atoms with E-state index in [-0.39, 0.29) is 12.5 Å². The third-order valence-electron chi connectivity index (χ3n) is 3.35. The van der Waals surface area contributed by atoms with Gasteiger partial charge in [0, 0.05) is 19.7 Å². The molecule has 0 saturated carbocycles. The number of hydrogen-bond donors (Lipinski definition) is 1. The number of carbonyl (C=O) groups is 1. The molecule has 1 atom stereocenters. The maximum Gasteiger partial charge on any atom is 0.267 e. The first-order chi connectivity index (χ1) is 8.76. The zero-order valence-electron chi connectivity index (χ0n) is 10.6. The van der Waals surface area contributed by atoms with Crippen LogP contribution in [0, 0.1) is 5.92 Å². The first-order valence-electron chi connectivity index (χ1n) is 6.47. The molecular weight excluding hydrogens is 250 g/mol. The molecule has 18 heavy (non-hydrogen) atoms. The van der Waals surface area contributed by atoms with Crippen LogP contribution in [0.4, 0.5) is 0 Å². The number of aliphatic hydroxyl groups is 1. The van der Waals surface area contributed by atoms with Gasteiger partial charge < -0.3 is 10.0 Å². The molecule has 1 aliphatic heterocycles. The Bertz CT molecular complexity index is 408. The molecule has 1 amide bonds. The third kappa shape index (κ3) is 2.87. The van der Waals surface area contributed by atoms with E-state index >= 15 is 0 Å². The molecule has 1 N–H and O–H groups in total. The minimum Gasteiger partial charge on any atom is -0.396 e. The summed E-state index contributed by atoms with van der Waals surface area (Å²) in [5.41, 5.74) is 0.832. The Morgan fingerprint density at radius 1 is 1.61 bits per heavy atom. The number of carbonyl (C=O) groups excluding carboxylic acids is 1. The Morgan fingerprint density at radius 2 is 2.44 bits per heavy atom. The van der Waals surface area contributed by atoms with Gasteiger partial charge in [0.1, 0.15) is 4.88 Å². The summed E-state index contributed by atoms with van der Waals surface area (Å²) < 4.78 is 3.89. The highest BCUT2D eigenvalue weighted by atomic mass is 32.1. The van der Waals surface area contributed by atoms with Crippen LogP contribution in [0.2, 0.25) is 0 Å². The van der Waals surface area contributed by atoms with Crippen molar-refractivity contribution in [3.8, 4) is 0 Å². The first-order valence-corrected chi connectivity index (χ1v) is 7.25. The summed E-state index contributed by atoms with van der Waals surface area (Å²) in [6, 6.07) is 0. The van der Waals surface area contributed by atoms with Crippen molar-refractivity contribution in [2.45, 2.75) is 32.6 Å². The molecule has 100 valence electrons. The van der Waals surface area contributed by atoms with Gasteiger partial charge in [0.05, 0.1) is 5.69 Å². The summed E-state index contributed by atoms with van der Waals surface area (Å²) in [4.78, 5) is 14.9. The molecule has 1 aromatic heterocycles. The fourth-order valence-corrected chi connectivity index (χ4v) is 3.03. The molecule has 1 saturated heterocycles. The predicted molar refractivity (Wildman–Crippen MR) is 69.6 cm³/mol. The largest absolute Gasteiger partial charge is 0.396 e. The number of aromatic nitrogens is 2. The normalized spacial score (nSPS) is 19.4. The van der Waals surface area contributed by atoms with E-state index in [1.165, 1.54) is 11.5 Å². The number of rotatable bonds is 5. The van der Waals surface area contributed by atoms with E-state index in [0.29, 0.717) is 10.8 Å². The van der Waals surface area contributed by atoms with E-state index in [1.807, 2.05) is 4.90 Å². The molecule has 0 aliphatic carbocycles. The minimum absolute atomic E-state index is 0.0638. The Labute approximate surface area is 111 Å². The summed E-state index contributed by atoms with van der Waals surface area (Å²) in [6.07, 6.45) is 3.55. The van der Waals surface area contributed by atoms with E-state index in [1.54, 1.807) is 0 Å². The maximum atomic E-state index is 12.3. The number of amides is 1. The van der Waals surface area contributed by atoms with Crippen molar-refractivity contribution in [1.82, 2.24) is 14.5 Å². The standard InChI is InChI=1S/C12H19N3O2S/c1-2-3-10-11(18-14-13-10)12(17)15-6-4-9(8-15)5-7-16/h9,16H,2-8H2,1H3. The number of nitrogens with zero attached hydrogens (tertiary/aromatic N) is 3. The summed E-state index contributed by atoms with van der Waals surface area (Å²) in [6.45, 7) is 3.81. The van der Waals surface area contributed by atoms with Crippen LogP contribution in [0.3, 0.4) is 0 Å². The highest BCUT2D eigenvalue weighted by molar-refractivity contribution is 7.08. The van der Waals surface area contributed by atoms with Crippen LogP contribution >= 0.6 is 11.5 Å². The Kier molecular flexibility index (Phi) is 4.66. The molecule has 1 fully saturated rings. The van der Waals surface area contributed by atoms with Crippen molar-refractivity contribution < 1.29 is 9.90 Å². The van der Waals surface area contributed by atoms with Crippen molar-refractivity contribution in [3.05, 3.63) is 10.6 Å². The van der Waals surface area contributed by atoms with E-state index in [0.717, 1.165) is 44.5 Å². The van der Waals surface area contributed by atoms with Crippen LogP contribution in [0.5, 0.6) is 0 Å². The smallest absolute Gasteiger partial charge is 0.267 e. The van der Waals surface area contributed by atoms with E-state index in [4.69, 9.17) is 5.11 Å². The second-order valence-electron chi connectivity index (χ2n) is 4.72. The summed E-state index contributed by atoms with van der Waals surface area (Å²) >= 11 is 1.20. The van der Waals surface area contributed by atoms with Crippen molar-refractivity contribution >= 4 is 17.4 Å². The third-order valence-corrected chi connectivity index (χ3v) is 4.10. The second-order valence-corrected chi connectivity index (χ2v) is 5.47. The van der Waals surface area contributed by atoms with Crippen molar-refractivity contribution in [3.63, 3.8) is 0 Å². The fraction of sp³-hybridized carbons (Fsp3) is 0.750. The van der Waals surface area contributed by atoms with E-state index < -0.39 is 0 Å². The molecule has 0 radical (unpaired) electrons. The van der Waals surface area contributed by atoms with Gasteiger partial charge in [-0.15, -0.1) is 5.10 Å². The summed E-state index contributed by atoms with van der Waals surface area (Å²) in [5, 5.41) is 13.0. The fourth-order valence-electron chi connectivity index (χ4n) is 2.35. The lowest BCUT2D eigenvalue weighted by molar-refractivity contribution is 0.0788. The molecule has 0 spiro atoms. The van der Waals surface area contributed by atoms with Gasteiger partial charge in [0.15, 0.2) is 0 Å². The molecule has 5 nitrogen and oxygen atoms in total. The lowest BCUT2D eigenvalue weighted by Gasteiger charge is -2.15. The van der Waals surface area contributed by atoms with Crippen LogP contribution in [-0.2, 0) is 6.42 Å². The number of likely N-dealkylation sites (tertiary alicyclic amines) is 1. The summed E-state index contributed by atoms with van der Waals surface area (Å²) in [7, 11) is 0. The van der Waals surface area contributed by atoms with Gasteiger partial charge in [0.2, 0.25) is 0 Å². The topological polar surface area (TPSA) is 66.3 Å². The number of hydrogen-bond acceptors (Lipinski definition) is 5. The minimum atomic E-state index is 0.0638. The monoisotopic (exact) mass is 269 g/mol. The van der Waals surface area contributed by atoms with Gasteiger partial charge in [-0.3, -0.25) is 4.79 Å². The maximum absolute atomic E-state index is 12.3. The van der Waals surface area contributed by atoms with Crippen molar-refractivity contribution in [2.24, 2.45) is 5.92 Å². The predicted octanol–water partition coefficient (Wildman–Crippen LogP) is 1.34. The van der Waals surface area contributed by atoms with E-state index in [9.17, 15) is 4.79 Å². The Morgan fingerprint density at radius 3 is 3.17 bits per heavy atom. The highest BCUT2D eigenvalue weighted by Crippen LogP contribution is 2.23. The SMILES string of the molecule is CCCc1nnsc1C(=O)N1CCC(CCO)C1. The molecule has 2 rings (SSSR count). The molecule has 2 heterocycles. The average Bonchev–Trinajstić information content (AvgIpc) is 2.98. The molecule has 0 aromatic carbocycles. The summed E-state index contributed by atoms with van der Waals surface area (Å²) in [5.74, 6) is 0.503. The lowest BCUT2D eigenvalue weighted by Crippen LogP contribution is -2.28. The molecule has 0 bridgehead atoms. The van der Waals surface area contributed by atoms with Crippen molar-refractivity contribution in [1.29, 1.82) is 0 Å². The van der Waals surface area contributed by atoms with Crippen LogP contribution in [-0.4, -0.2) is 45.2 Å². The zero-order valence-corrected chi connectivity index (χ0v) is 11.4. The average molecular weight is 269 g/mol. The van der Waals surface area contributed by atoms with Crippen LogP contribution in [0.1, 0.15) is 41.6 Å². The number of aliphatic hydroxyl groups excluding tert-OH is 1. The quantitative estimate of drug-likeness (QED) is 0.876. The molecule has 6 heteroatoms. The van der Waals surface area contributed by atoms with Crippen molar-refractivity contribution in [2.75, 3.05) is 19.7 Å². The first kappa shape index (κ1) is 13.4. The molecule has 1 aliphatic rings. The van der Waals surface area contributed by atoms with Crippen LogP contribution in [0.25, 0.3) is 0 Å². The Balaban J connectivity index is 2.01. The van der Waals surface area contributed by atoms with Crippen LogP contribution in [0.15, 0.2) is 0 Å². The van der Waals surface area contributed by atoms with E-state index in [2.05, 4.69) is 16.5 Å². The molecular formula is C12H19N3O2S.